The Kier molecular flexibility index (Phi) is 4.41. The molecule has 1 aliphatic rings. The number of pyridine rings is 2. The summed E-state index contributed by atoms with van der Waals surface area (Å²) < 4.78 is 5.57. The number of H-pyrrole nitrogens is 1. The van der Waals surface area contributed by atoms with Crippen LogP contribution < -0.4 is 5.43 Å². The van der Waals surface area contributed by atoms with Gasteiger partial charge in [0, 0.05) is 32.1 Å². The van der Waals surface area contributed by atoms with Gasteiger partial charge in [0.1, 0.15) is 11.2 Å². The Balaban J connectivity index is 1.90. The molecule has 1 fully saturated rings. The topological polar surface area (TPSA) is 75.3 Å². The molecular formula is C18H23N3O3. The molecule has 1 atom stereocenters. The minimum absolute atomic E-state index is 0.175. The van der Waals surface area contributed by atoms with Crippen LogP contribution in [0, 0.1) is 6.92 Å². The number of fused-ring (bicyclic) bond motifs is 1. The number of ether oxygens (including phenoxy) is 1. The van der Waals surface area contributed by atoms with E-state index in [0.717, 1.165) is 25.0 Å². The van der Waals surface area contributed by atoms with Crippen LogP contribution in [0.1, 0.15) is 42.2 Å². The number of nitrogens with zero attached hydrogens (tertiary/aromatic N) is 2. The van der Waals surface area contributed by atoms with Gasteiger partial charge in [-0.05, 0) is 45.2 Å². The van der Waals surface area contributed by atoms with E-state index in [-0.39, 0.29) is 22.5 Å². The summed E-state index contributed by atoms with van der Waals surface area (Å²) in [5.74, 6) is -0.223. The van der Waals surface area contributed by atoms with Crippen LogP contribution in [0.25, 0.3) is 11.0 Å². The molecule has 2 aromatic heterocycles. The summed E-state index contributed by atoms with van der Waals surface area (Å²) in [6.07, 6.45) is 4.02. The third kappa shape index (κ3) is 3.06. The van der Waals surface area contributed by atoms with E-state index in [1.807, 2.05) is 6.92 Å². The summed E-state index contributed by atoms with van der Waals surface area (Å²) in [6.45, 7) is 5.16. The summed E-state index contributed by atoms with van der Waals surface area (Å²) in [7, 11) is 1.71. The lowest BCUT2D eigenvalue weighted by molar-refractivity contribution is -0.00537. The number of rotatable bonds is 2. The van der Waals surface area contributed by atoms with Crippen molar-refractivity contribution >= 4 is 16.9 Å². The number of aryl methyl sites for hydroxylation is 1. The Morgan fingerprint density at radius 1 is 1.33 bits per heavy atom. The average molecular weight is 329 g/mol. The largest absolute Gasteiger partial charge is 0.378 e. The van der Waals surface area contributed by atoms with E-state index in [1.54, 1.807) is 24.1 Å². The standard InChI is InChI=1S/C18H23N3O3/c1-12-5-6-13-15(22)14(11-19-16(13)20-12)17(23)21-9-4-7-18(2,24-3)8-10-21/h5-6,11H,4,7-10H2,1-3H3,(H,19,20,22). The van der Waals surface area contributed by atoms with Gasteiger partial charge in [0.25, 0.3) is 5.91 Å². The number of aromatic nitrogens is 2. The molecule has 6 heteroatoms. The maximum Gasteiger partial charge on any atom is 0.259 e. The molecule has 128 valence electrons. The van der Waals surface area contributed by atoms with Gasteiger partial charge in [-0.15, -0.1) is 0 Å². The number of methoxy groups -OCH3 is 1. The first-order valence-electron chi connectivity index (χ1n) is 8.27. The highest BCUT2D eigenvalue weighted by Crippen LogP contribution is 2.25. The zero-order valence-corrected chi connectivity index (χ0v) is 14.4. The normalized spacial score (nSPS) is 21.7. The van der Waals surface area contributed by atoms with E-state index in [9.17, 15) is 9.59 Å². The van der Waals surface area contributed by atoms with Gasteiger partial charge in [-0.25, -0.2) is 4.98 Å². The van der Waals surface area contributed by atoms with Crippen LogP contribution in [0.2, 0.25) is 0 Å². The first-order valence-corrected chi connectivity index (χ1v) is 8.27. The quantitative estimate of drug-likeness (QED) is 0.917. The molecule has 0 saturated carbocycles. The van der Waals surface area contributed by atoms with E-state index in [4.69, 9.17) is 4.74 Å². The Morgan fingerprint density at radius 3 is 2.88 bits per heavy atom. The minimum Gasteiger partial charge on any atom is -0.378 e. The Hall–Kier alpha value is -2.21. The first kappa shape index (κ1) is 16.6. The third-order valence-electron chi connectivity index (χ3n) is 4.93. The average Bonchev–Trinajstić information content (AvgIpc) is 2.77. The number of carbonyl (C=O) groups excluding carboxylic acids is 1. The lowest BCUT2D eigenvalue weighted by atomic mass is 9.97. The second-order valence-electron chi connectivity index (χ2n) is 6.68. The van der Waals surface area contributed by atoms with Crippen LogP contribution in [0.15, 0.2) is 23.1 Å². The summed E-state index contributed by atoms with van der Waals surface area (Å²) >= 11 is 0. The van der Waals surface area contributed by atoms with Crippen LogP contribution in [-0.4, -0.2) is 46.6 Å². The highest BCUT2D eigenvalue weighted by Gasteiger charge is 2.30. The second kappa shape index (κ2) is 6.36. The SMILES string of the molecule is COC1(C)CCCN(C(=O)c2c[nH]c3nc(C)ccc3c2=O)CC1. The molecule has 6 nitrogen and oxygen atoms in total. The van der Waals surface area contributed by atoms with Gasteiger partial charge in [0.2, 0.25) is 5.43 Å². The zero-order valence-electron chi connectivity index (χ0n) is 14.4. The number of aromatic amines is 1. The first-order chi connectivity index (χ1) is 11.4. The number of hydrogen-bond donors (Lipinski definition) is 1. The molecule has 3 heterocycles. The highest BCUT2D eigenvalue weighted by molar-refractivity contribution is 5.96. The molecule has 2 aromatic rings. The Labute approximate surface area is 140 Å². The zero-order chi connectivity index (χ0) is 17.3. The maximum absolute atomic E-state index is 12.8. The molecule has 1 saturated heterocycles. The van der Waals surface area contributed by atoms with E-state index in [0.29, 0.717) is 24.1 Å². The molecule has 0 aromatic carbocycles. The fourth-order valence-electron chi connectivity index (χ4n) is 3.19. The molecular weight excluding hydrogens is 306 g/mol. The van der Waals surface area contributed by atoms with Crippen molar-refractivity contribution in [1.29, 1.82) is 0 Å². The van der Waals surface area contributed by atoms with Crippen molar-refractivity contribution in [3.05, 3.63) is 39.8 Å². The fourth-order valence-corrected chi connectivity index (χ4v) is 3.19. The van der Waals surface area contributed by atoms with Crippen LogP contribution in [-0.2, 0) is 4.74 Å². The summed E-state index contributed by atoms with van der Waals surface area (Å²) in [6, 6.07) is 3.50. The molecule has 24 heavy (non-hydrogen) atoms. The smallest absolute Gasteiger partial charge is 0.259 e. The number of carbonyl (C=O) groups is 1. The summed E-state index contributed by atoms with van der Waals surface area (Å²) in [5.41, 5.74) is 1.05. The number of nitrogens with one attached hydrogen (secondary N) is 1. The minimum atomic E-state index is -0.264. The highest BCUT2D eigenvalue weighted by atomic mass is 16.5. The lowest BCUT2D eigenvalue weighted by Crippen LogP contribution is -2.36. The summed E-state index contributed by atoms with van der Waals surface area (Å²) in [4.78, 5) is 34.5. The van der Waals surface area contributed by atoms with E-state index >= 15 is 0 Å². The predicted octanol–water partition coefficient (Wildman–Crippen LogP) is 2.26. The van der Waals surface area contributed by atoms with Gasteiger partial charge in [0.05, 0.1) is 11.0 Å². The van der Waals surface area contributed by atoms with Crippen molar-refractivity contribution < 1.29 is 9.53 Å². The number of amides is 1. The van der Waals surface area contributed by atoms with E-state index in [1.165, 1.54) is 6.20 Å². The molecule has 3 rings (SSSR count). The second-order valence-corrected chi connectivity index (χ2v) is 6.68. The maximum atomic E-state index is 12.8. The van der Waals surface area contributed by atoms with Gasteiger partial charge in [-0.1, -0.05) is 0 Å². The van der Waals surface area contributed by atoms with Crippen molar-refractivity contribution in [2.75, 3.05) is 20.2 Å². The molecule has 1 unspecified atom stereocenters. The van der Waals surface area contributed by atoms with Crippen LogP contribution in [0.3, 0.4) is 0 Å². The van der Waals surface area contributed by atoms with Crippen LogP contribution in [0.4, 0.5) is 0 Å². The monoisotopic (exact) mass is 329 g/mol. The predicted molar refractivity (Wildman–Crippen MR) is 92.3 cm³/mol. The summed E-state index contributed by atoms with van der Waals surface area (Å²) in [5, 5.41) is 0.447. The van der Waals surface area contributed by atoms with Crippen molar-refractivity contribution in [2.45, 2.75) is 38.7 Å². The van der Waals surface area contributed by atoms with Crippen molar-refractivity contribution in [3.8, 4) is 0 Å². The molecule has 0 bridgehead atoms. The Bertz CT molecular complexity index is 830. The molecule has 1 aliphatic heterocycles. The van der Waals surface area contributed by atoms with Crippen molar-refractivity contribution in [2.24, 2.45) is 0 Å². The van der Waals surface area contributed by atoms with Crippen LogP contribution >= 0.6 is 0 Å². The molecule has 0 aliphatic carbocycles. The lowest BCUT2D eigenvalue weighted by Gasteiger charge is -2.26. The molecule has 0 spiro atoms. The third-order valence-corrected chi connectivity index (χ3v) is 4.93. The number of likely N-dealkylation sites (tertiary alicyclic amines) is 1. The van der Waals surface area contributed by atoms with Gasteiger partial charge < -0.3 is 14.6 Å². The fraction of sp³-hybridized carbons (Fsp3) is 0.500. The van der Waals surface area contributed by atoms with Crippen LogP contribution in [0.5, 0.6) is 0 Å². The van der Waals surface area contributed by atoms with Gasteiger partial charge >= 0.3 is 0 Å². The van der Waals surface area contributed by atoms with Gasteiger partial charge in [-0.3, -0.25) is 9.59 Å². The van der Waals surface area contributed by atoms with Gasteiger partial charge in [-0.2, -0.15) is 0 Å². The van der Waals surface area contributed by atoms with E-state index < -0.39 is 0 Å². The Morgan fingerprint density at radius 2 is 2.12 bits per heavy atom. The molecule has 0 radical (unpaired) electrons. The molecule has 1 N–H and O–H groups in total. The number of hydrogen-bond acceptors (Lipinski definition) is 4. The van der Waals surface area contributed by atoms with Gasteiger partial charge in [0.15, 0.2) is 0 Å². The van der Waals surface area contributed by atoms with E-state index in [2.05, 4.69) is 16.9 Å². The van der Waals surface area contributed by atoms with Crippen molar-refractivity contribution in [1.82, 2.24) is 14.9 Å². The molecule has 1 amide bonds. The van der Waals surface area contributed by atoms with Crippen molar-refractivity contribution in [3.63, 3.8) is 0 Å².